The maximum Gasteiger partial charge on any atom is 0.419 e. The molecule has 0 saturated heterocycles. The molecule has 0 radical (unpaired) electrons. The summed E-state index contributed by atoms with van der Waals surface area (Å²) in [6.45, 7) is 0.787. The summed E-state index contributed by atoms with van der Waals surface area (Å²) in [5, 5.41) is 0. The molecule has 2 aromatic heterocycles. The van der Waals surface area contributed by atoms with Crippen LogP contribution in [-0.4, -0.2) is 10.5 Å². The van der Waals surface area contributed by atoms with Gasteiger partial charge >= 0.3 is 5.76 Å². The topological polar surface area (TPSA) is 68.6 Å². The average Bonchev–Trinajstić information content (AvgIpc) is 3.34. The summed E-state index contributed by atoms with van der Waals surface area (Å²) in [6.07, 6.45) is 2.44. The van der Waals surface area contributed by atoms with Crippen molar-refractivity contribution in [2.24, 2.45) is 0 Å². The maximum atomic E-state index is 12.9. The van der Waals surface area contributed by atoms with Gasteiger partial charge in [-0.25, -0.2) is 4.79 Å². The Balaban J connectivity index is 1.47. The largest absolute Gasteiger partial charge is 0.467 e. The summed E-state index contributed by atoms with van der Waals surface area (Å²) in [7, 11) is 0. The van der Waals surface area contributed by atoms with E-state index in [1.807, 2.05) is 54.6 Å². The van der Waals surface area contributed by atoms with E-state index < -0.39 is 5.76 Å². The molecular weight excluding hydrogens is 356 g/mol. The number of para-hydroxylation sites is 3. The molecule has 0 saturated carbocycles. The second-order valence-electron chi connectivity index (χ2n) is 6.49. The Hall–Kier alpha value is -3.54. The summed E-state index contributed by atoms with van der Waals surface area (Å²) < 4.78 is 12.2. The molecule has 0 aliphatic rings. The first-order chi connectivity index (χ1) is 13.7. The van der Waals surface area contributed by atoms with Gasteiger partial charge in [-0.1, -0.05) is 30.3 Å². The molecule has 4 aromatic rings. The van der Waals surface area contributed by atoms with Crippen LogP contribution in [0.25, 0.3) is 11.1 Å². The summed E-state index contributed by atoms with van der Waals surface area (Å²) >= 11 is 0. The number of carbonyl (C=O) groups excluding carboxylic acids is 1. The predicted octanol–water partition coefficient (Wildman–Crippen LogP) is 4.20. The Bertz CT molecular complexity index is 1110. The van der Waals surface area contributed by atoms with Crippen LogP contribution in [-0.2, 0) is 17.9 Å². The fourth-order valence-corrected chi connectivity index (χ4v) is 3.24. The molecule has 2 aromatic carbocycles. The zero-order valence-corrected chi connectivity index (χ0v) is 15.3. The van der Waals surface area contributed by atoms with Crippen molar-refractivity contribution in [2.45, 2.75) is 25.9 Å². The van der Waals surface area contributed by atoms with E-state index >= 15 is 0 Å². The van der Waals surface area contributed by atoms with Crippen LogP contribution in [0.2, 0.25) is 0 Å². The van der Waals surface area contributed by atoms with E-state index in [0.29, 0.717) is 37.3 Å². The molecule has 0 N–H and O–H groups in total. The van der Waals surface area contributed by atoms with Crippen LogP contribution in [0.3, 0.4) is 0 Å². The molecule has 0 unspecified atom stereocenters. The van der Waals surface area contributed by atoms with Crippen molar-refractivity contribution in [3.8, 4) is 0 Å². The third kappa shape index (κ3) is 3.76. The fraction of sp³-hybridized carbons (Fsp3) is 0.182. The van der Waals surface area contributed by atoms with Crippen molar-refractivity contribution >= 4 is 22.7 Å². The van der Waals surface area contributed by atoms with Crippen LogP contribution >= 0.6 is 0 Å². The van der Waals surface area contributed by atoms with Gasteiger partial charge in [-0.05, 0) is 42.8 Å². The Labute approximate surface area is 161 Å². The first-order valence-electron chi connectivity index (χ1n) is 9.18. The highest BCUT2D eigenvalue weighted by Gasteiger charge is 2.17. The number of aryl methyl sites for hydroxylation is 1. The molecule has 28 heavy (non-hydrogen) atoms. The van der Waals surface area contributed by atoms with Gasteiger partial charge in [-0.2, -0.15) is 0 Å². The summed E-state index contributed by atoms with van der Waals surface area (Å²) in [5.41, 5.74) is 2.12. The normalized spacial score (nSPS) is 11.0. The number of amides is 1. The Morgan fingerprint density at radius 1 is 0.964 bits per heavy atom. The standard InChI is InChI=1S/C22H20N2O4/c25-21(13-6-14-23-19-11-4-5-12-20(19)28-22(23)26)24(16-18-10-7-15-27-18)17-8-2-1-3-9-17/h1-5,7-12,15H,6,13-14,16H2. The molecule has 1 amide bonds. The van der Waals surface area contributed by atoms with Crippen molar-refractivity contribution < 1.29 is 13.6 Å². The molecule has 2 heterocycles. The van der Waals surface area contributed by atoms with E-state index in [1.54, 1.807) is 27.9 Å². The van der Waals surface area contributed by atoms with Crippen LogP contribution in [0.15, 0.2) is 86.6 Å². The monoisotopic (exact) mass is 376 g/mol. The Morgan fingerprint density at radius 2 is 1.75 bits per heavy atom. The van der Waals surface area contributed by atoms with Gasteiger partial charge in [0.25, 0.3) is 0 Å². The lowest BCUT2D eigenvalue weighted by atomic mass is 10.2. The minimum atomic E-state index is -0.399. The molecule has 0 aliphatic heterocycles. The predicted molar refractivity (Wildman–Crippen MR) is 106 cm³/mol. The van der Waals surface area contributed by atoms with Crippen LogP contribution in [0, 0.1) is 0 Å². The second-order valence-corrected chi connectivity index (χ2v) is 6.49. The molecular formula is C22H20N2O4. The third-order valence-corrected chi connectivity index (χ3v) is 4.61. The van der Waals surface area contributed by atoms with E-state index in [-0.39, 0.29) is 5.91 Å². The fourth-order valence-electron chi connectivity index (χ4n) is 3.24. The number of fused-ring (bicyclic) bond motifs is 1. The lowest BCUT2D eigenvalue weighted by Crippen LogP contribution is -2.30. The Kier molecular flexibility index (Phi) is 5.10. The summed E-state index contributed by atoms with van der Waals surface area (Å²) in [5.74, 6) is 0.293. The number of nitrogens with zero attached hydrogens (tertiary/aromatic N) is 2. The molecule has 142 valence electrons. The molecule has 0 bridgehead atoms. The molecule has 0 aliphatic carbocycles. The van der Waals surface area contributed by atoms with Crippen LogP contribution in [0.4, 0.5) is 5.69 Å². The SMILES string of the molecule is O=C(CCCn1c(=O)oc2ccccc21)N(Cc1ccco1)c1ccccc1. The number of anilines is 1. The third-order valence-electron chi connectivity index (χ3n) is 4.61. The molecule has 6 heteroatoms. The van der Waals surface area contributed by atoms with Gasteiger partial charge in [0.1, 0.15) is 5.76 Å². The zero-order valence-electron chi connectivity index (χ0n) is 15.3. The van der Waals surface area contributed by atoms with Crippen molar-refractivity contribution in [3.05, 3.63) is 89.3 Å². The minimum Gasteiger partial charge on any atom is -0.467 e. The highest BCUT2D eigenvalue weighted by atomic mass is 16.4. The number of carbonyl (C=O) groups is 1. The zero-order chi connectivity index (χ0) is 19.3. The van der Waals surface area contributed by atoms with Crippen molar-refractivity contribution in [3.63, 3.8) is 0 Å². The molecule has 0 atom stereocenters. The maximum absolute atomic E-state index is 12.9. The second kappa shape index (κ2) is 8.00. The lowest BCUT2D eigenvalue weighted by Gasteiger charge is -2.22. The van der Waals surface area contributed by atoms with Crippen molar-refractivity contribution in [2.75, 3.05) is 4.90 Å². The smallest absolute Gasteiger partial charge is 0.419 e. The number of hydrogen-bond donors (Lipinski definition) is 0. The molecule has 6 nitrogen and oxygen atoms in total. The van der Waals surface area contributed by atoms with Gasteiger partial charge in [-0.15, -0.1) is 0 Å². The molecule has 0 fully saturated rings. The van der Waals surface area contributed by atoms with Gasteiger partial charge in [0, 0.05) is 18.7 Å². The first-order valence-corrected chi connectivity index (χ1v) is 9.18. The number of oxazole rings is 1. The van der Waals surface area contributed by atoms with E-state index in [9.17, 15) is 9.59 Å². The lowest BCUT2D eigenvalue weighted by molar-refractivity contribution is -0.119. The van der Waals surface area contributed by atoms with Gasteiger partial charge in [0.15, 0.2) is 5.58 Å². The van der Waals surface area contributed by atoms with Crippen LogP contribution in [0.5, 0.6) is 0 Å². The van der Waals surface area contributed by atoms with E-state index in [2.05, 4.69) is 0 Å². The molecule has 0 spiro atoms. The first kappa shape index (κ1) is 17.9. The number of benzene rings is 2. The van der Waals surface area contributed by atoms with Gasteiger partial charge in [0.2, 0.25) is 5.91 Å². The van der Waals surface area contributed by atoms with Crippen molar-refractivity contribution in [1.82, 2.24) is 4.57 Å². The Morgan fingerprint density at radius 3 is 2.54 bits per heavy atom. The highest BCUT2D eigenvalue weighted by Crippen LogP contribution is 2.19. The minimum absolute atomic E-state index is 0.0246. The van der Waals surface area contributed by atoms with Gasteiger partial charge < -0.3 is 13.7 Å². The number of aromatic nitrogens is 1. The highest BCUT2D eigenvalue weighted by molar-refractivity contribution is 5.93. The van der Waals surface area contributed by atoms with Crippen LogP contribution in [0.1, 0.15) is 18.6 Å². The van der Waals surface area contributed by atoms with Crippen LogP contribution < -0.4 is 10.7 Å². The quantitative estimate of drug-likeness (QED) is 0.485. The van der Waals surface area contributed by atoms with Gasteiger partial charge in [-0.3, -0.25) is 9.36 Å². The number of rotatable bonds is 7. The summed E-state index contributed by atoms with van der Waals surface area (Å²) in [6, 6.07) is 20.4. The molecule has 4 rings (SSSR count). The average molecular weight is 376 g/mol. The van der Waals surface area contributed by atoms with Gasteiger partial charge in [0.05, 0.1) is 18.3 Å². The van der Waals surface area contributed by atoms with E-state index in [0.717, 1.165) is 11.2 Å². The van der Waals surface area contributed by atoms with Crippen molar-refractivity contribution in [1.29, 1.82) is 0 Å². The number of hydrogen-bond acceptors (Lipinski definition) is 4. The van der Waals surface area contributed by atoms with E-state index in [4.69, 9.17) is 8.83 Å². The summed E-state index contributed by atoms with van der Waals surface area (Å²) in [4.78, 5) is 26.7. The van der Waals surface area contributed by atoms with E-state index in [1.165, 1.54) is 0 Å². The number of furan rings is 1.